The molecule has 23 heavy (non-hydrogen) atoms. The zero-order valence-corrected chi connectivity index (χ0v) is 13.7. The standard InChI is InChI=1S/C19H21NO3/c1-4-14-6-8-15(9-7-14)11-18(21)20-17-12-16(19(22)23-3)10-5-13(17)2/h5-10,12H,4,11H2,1-3H3,(H,20,21). The summed E-state index contributed by atoms with van der Waals surface area (Å²) >= 11 is 0. The molecule has 1 N–H and O–H groups in total. The maximum absolute atomic E-state index is 12.2. The van der Waals surface area contributed by atoms with Gasteiger partial charge in [0.15, 0.2) is 0 Å². The van der Waals surface area contributed by atoms with Gasteiger partial charge >= 0.3 is 5.97 Å². The molecule has 4 heteroatoms. The number of esters is 1. The lowest BCUT2D eigenvalue weighted by molar-refractivity contribution is -0.115. The summed E-state index contributed by atoms with van der Waals surface area (Å²) in [6, 6.07) is 13.1. The van der Waals surface area contributed by atoms with Gasteiger partial charge in [-0.3, -0.25) is 4.79 Å². The second kappa shape index (κ2) is 7.58. The first-order valence-corrected chi connectivity index (χ1v) is 7.60. The maximum Gasteiger partial charge on any atom is 0.337 e. The second-order valence-electron chi connectivity index (χ2n) is 5.42. The SMILES string of the molecule is CCc1ccc(CC(=O)Nc2cc(C(=O)OC)ccc2C)cc1. The Morgan fingerprint density at radius 3 is 2.30 bits per heavy atom. The fourth-order valence-corrected chi connectivity index (χ4v) is 2.27. The largest absolute Gasteiger partial charge is 0.465 e. The van der Waals surface area contributed by atoms with E-state index in [9.17, 15) is 9.59 Å². The predicted octanol–water partition coefficient (Wildman–Crippen LogP) is 3.53. The van der Waals surface area contributed by atoms with E-state index in [1.54, 1.807) is 18.2 Å². The van der Waals surface area contributed by atoms with Crippen molar-refractivity contribution < 1.29 is 14.3 Å². The molecule has 0 bridgehead atoms. The van der Waals surface area contributed by atoms with Gasteiger partial charge in [-0.25, -0.2) is 4.79 Å². The summed E-state index contributed by atoms with van der Waals surface area (Å²) < 4.78 is 4.70. The predicted molar refractivity (Wildman–Crippen MR) is 90.7 cm³/mol. The first-order valence-electron chi connectivity index (χ1n) is 7.60. The maximum atomic E-state index is 12.2. The van der Waals surface area contributed by atoms with Crippen molar-refractivity contribution in [3.63, 3.8) is 0 Å². The van der Waals surface area contributed by atoms with E-state index < -0.39 is 5.97 Å². The van der Waals surface area contributed by atoms with Gasteiger partial charge in [0.2, 0.25) is 5.91 Å². The molecule has 2 aromatic carbocycles. The van der Waals surface area contributed by atoms with Crippen LogP contribution in [0.1, 0.15) is 34.0 Å². The molecule has 2 rings (SSSR count). The van der Waals surface area contributed by atoms with Crippen LogP contribution in [0.15, 0.2) is 42.5 Å². The molecule has 0 aromatic heterocycles. The number of aryl methyl sites for hydroxylation is 2. The number of hydrogen-bond acceptors (Lipinski definition) is 3. The molecule has 0 radical (unpaired) electrons. The van der Waals surface area contributed by atoms with E-state index >= 15 is 0 Å². The highest BCUT2D eigenvalue weighted by atomic mass is 16.5. The Kier molecular flexibility index (Phi) is 5.52. The number of hydrogen-bond donors (Lipinski definition) is 1. The van der Waals surface area contributed by atoms with Crippen molar-refractivity contribution in [2.24, 2.45) is 0 Å². The van der Waals surface area contributed by atoms with Crippen molar-refractivity contribution in [3.8, 4) is 0 Å². The Hall–Kier alpha value is -2.62. The lowest BCUT2D eigenvalue weighted by Crippen LogP contribution is -2.16. The number of methoxy groups -OCH3 is 1. The zero-order valence-electron chi connectivity index (χ0n) is 13.7. The number of nitrogens with one attached hydrogen (secondary N) is 1. The van der Waals surface area contributed by atoms with Gasteiger partial charge in [0.25, 0.3) is 0 Å². The summed E-state index contributed by atoms with van der Waals surface area (Å²) in [6.45, 7) is 3.98. The first-order chi connectivity index (χ1) is 11.0. The van der Waals surface area contributed by atoms with E-state index in [4.69, 9.17) is 4.74 Å². The van der Waals surface area contributed by atoms with Crippen LogP contribution in [0.4, 0.5) is 5.69 Å². The molecule has 0 fully saturated rings. The average molecular weight is 311 g/mol. The molecular weight excluding hydrogens is 290 g/mol. The smallest absolute Gasteiger partial charge is 0.337 e. The molecule has 0 spiro atoms. The molecule has 2 aromatic rings. The van der Waals surface area contributed by atoms with Crippen molar-refractivity contribution in [2.75, 3.05) is 12.4 Å². The van der Waals surface area contributed by atoms with Gasteiger partial charge < -0.3 is 10.1 Å². The van der Waals surface area contributed by atoms with E-state index in [1.807, 2.05) is 31.2 Å². The van der Waals surface area contributed by atoms with Gasteiger partial charge in [0, 0.05) is 5.69 Å². The van der Waals surface area contributed by atoms with Crippen molar-refractivity contribution in [3.05, 3.63) is 64.7 Å². The highest BCUT2D eigenvalue weighted by Crippen LogP contribution is 2.18. The minimum absolute atomic E-state index is 0.112. The molecule has 1 amide bonds. The number of carbonyl (C=O) groups is 2. The van der Waals surface area contributed by atoms with Crippen LogP contribution in [0.3, 0.4) is 0 Å². The molecule has 0 saturated heterocycles. The van der Waals surface area contributed by atoms with Crippen molar-refractivity contribution in [2.45, 2.75) is 26.7 Å². The average Bonchev–Trinajstić information content (AvgIpc) is 2.56. The van der Waals surface area contributed by atoms with Gasteiger partial charge in [0.1, 0.15) is 0 Å². The van der Waals surface area contributed by atoms with Gasteiger partial charge in [-0.1, -0.05) is 37.3 Å². The molecule has 4 nitrogen and oxygen atoms in total. The van der Waals surface area contributed by atoms with Gasteiger partial charge in [-0.15, -0.1) is 0 Å². The number of amides is 1. The fraction of sp³-hybridized carbons (Fsp3) is 0.263. The lowest BCUT2D eigenvalue weighted by atomic mass is 10.1. The highest BCUT2D eigenvalue weighted by molar-refractivity contribution is 5.96. The fourth-order valence-electron chi connectivity index (χ4n) is 2.27. The molecule has 0 aliphatic carbocycles. The minimum atomic E-state index is -0.421. The van der Waals surface area contributed by atoms with Crippen molar-refractivity contribution in [1.82, 2.24) is 0 Å². The monoisotopic (exact) mass is 311 g/mol. The summed E-state index contributed by atoms with van der Waals surface area (Å²) in [7, 11) is 1.33. The van der Waals surface area contributed by atoms with Crippen LogP contribution in [0.25, 0.3) is 0 Å². The third-order valence-electron chi connectivity index (χ3n) is 3.73. The number of anilines is 1. The molecule has 0 aliphatic heterocycles. The highest BCUT2D eigenvalue weighted by Gasteiger charge is 2.10. The van der Waals surface area contributed by atoms with Crippen LogP contribution >= 0.6 is 0 Å². The zero-order chi connectivity index (χ0) is 16.8. The summed E-state index contributed by atoms with van der Waals surface area (Å²) in [4.78, 5) is 23.8. The van der Waals surface area contributed by atoms with Crippen molar-refractivity contribution in [1.29, 1.82) is 0 Å². The molecule has 0 unspecified atom stereocenters. The lowest BCUT2D eigenvalue weighted by Gasteiger charge is -2.10. The first kappa shape index (κ1) is 16.7. The second-order valence-corrected chi connectivity index (χ2v) is 5.42. The summed E-state index contributed by atoms with van der Waals surface area (Å²) in [5, 5.41) is 2.86. The normalized spacial score (nSPS) is 10.2. The van der Waals surface area contributed by atoms with Crippen LogP contribution < -0.4 is 5.32 Å². The minimum Gasteiger partial charge on any atom is -0.465 e. The Bertz CT molecular complexity index is 705. The topological polar surface area (TPSA) is 55.4 Å². The summed E-state index contributed by atoms with van der Waals surface area (Å²) in [6.07, 6.45) is 1.28. The quantitative estimate of drug-likeness (QED) is 0.860. The van der Waals surface area contributed by atoms with E-state index in [0.717, 1.165) is 17.5 Å². The molecule has 120 valence electrons. The van der Waals surface area contributed by atoms with Crippen LogP contribution in [-0.4, -0.2) is 19.0 Å². The molecule has 0 atom stereocenters. The number of ether oxygens (including phenoxy) is 1. The Balaban J connectivity index is 2.08. The third-order valence-corrected chi connectivity index (χ3v) is 3.73. The molecule has 0 saturated carbocycles. The van der Waals surface area contributed by atoms with Crippen molar-refractivity contribution >= 4 is 17.6 Å². The van der Waals surface area contributed by atoms with E-state index in [2.05, 4.69) is 12.2 Å². The third kappa shape index (κ3) is 4.42. The van der Waals surface area contributed by atoms with E-state index in [0.29, 0.717) is 17.7 Å². The molecular formula is C19H21NO3. The van der Waals surface area contributed by atoms with Gasteiger partial charge in [0.05, 0.1) is 19.1 Å². The van der Waals surface area contributed by atoms with Gasteiger partial charge in [-0.05, 0) is 42.2 Å². The Labute approximate surface area is 136 Å². The van der Waals surface area contributed by atoms with Crippen LogP contribution in [0, 0.1) is 6.92 Å². The van der Waals surface area contributed by atoms with Crippen LogP contribution in [-0.2, 0) is 22.4 Å². The molecule has 0 heterocycles. The number of benzene rings is 2. The molecule has 0 aliphatic rings. The van der Waals surface area contributed by atoms with Crippen LogP contribution in [0.5, 0.6) is 0 Å². The van der Waals surface area contributed by atoms with Crippen LogP contribution in [0.2, 0.25) is 0 Å². The number of rotatable bonds is 5. The number of carbonyl (C=O) groups excluding carboxylic acids is 2. The summed E-state index contributed by atoms with van der Waals surface area (Å²) in [5.41, 5.74) is 4.15. The Morgan fingerprint density at radius 2 is 1.70 bits per heavy atom. The van der Waals surface area contributed by atoms with Gasteiger partial charge in [-0.2, -0.15) is 0 Å². The Morgan fingerprint density at radius 1 is 1.04 bits per heavy atom. The van der Waals surface area contributed by atoms with E-state index in [-0.39, 0.29) is 5.91 Å². The summed E-state index contributed by atoms with van der Waals surface area (Å²) in [5.74, 6) is -0.532. The van der Waals surface area contributed by atoms with E-state index in [1.165, 1.54) is 12.7 Å².